The van der Waals surface area contributed by atoms with Crippen LogP contribution in [0, 0.1) is 0 Å². The third-order valence-electron chi connectivity index (χ3n) is 1.17. The molecule has 0 aromatic carbocycles. The van der Waals surface area contributed by atoms with Crippen LogP contribution >= 0.6 is 11.3 Å². The van der Waals surface area contributed by atoms with E-state index in [1.807, 2.05) is 6.92 Å². The lowest BCUT2D eigenvalue weighted by Gasteiger charge is -1.93. The Labute approximate surface area is 69.6 Å². The van der Waals surface area contributed by atoms with Gasteiger partial charge in [0.15, 0.2) is 5.78 Å². The summed E-state index contributed by atoms with van der Waals surface area (Å²) < 4.78 is 0. The van der Waals surface area contributed by atoms with E-state index in [0.29, 0.717) is 11.3 Å². The van der Waals surface area contributed by atoms with Crippen LogP contribution in [0.15, 0.2) is 23.9 Å². The topological polar surface area (TPSA) is 30.0 Å². The first kappa shape index (κ1) is 8.14. The van der Waals surface area contributed by atoms with Crippen molar-refractivity contribution in [2.24, 2.45) is 0 Å². The third kappa shape index (κ3) is 2.27. The molecule has 0 saturated carbocycles. The van der Waals surface area contributed by atoms with Crippen molar-refractivity contribution in [1.82, 2.24) is 4.98 Å². The van der Waals surface area contributed by atoms with Crippen molar-refractivity contribution in [2.75, 3.05) is 0 Å². The van der Waals surface area contributed by atoms with Gasteiger partial charge in [-0.15, -0.1) is 11.3 Å². The fourth-order valence-corrected chi connectivity index (χ4v) is 1.28. The van der Waals surface area contributed by atoms with Gasteiger partial charge < -0.3 is 0 Å². The quantitative estimate of drug-likeness (QED) is 0.510. The van der Waals surface area contributed by atoms with Gasteiger partial charge in [0, 0.05) is 12.6 Å². The lowest BCUT2D eigenvalue weighted by Crippen LogP contribution is -1.95. The molecule has 1 heterocycles. The van der Waals surface area contributed by atoms with Gasteiger partial charge in [-0.2, -0.15) is 0 Å². The summed E-state index contributed by atoms with van der Waals surface area (Å²) in [6, 6.07) is 0. The fourth-order valence-electron chi connectivity index (χ4n) is 0.715. The van der Waals surface area contributed by atoms with Crippen LogP contribution in [-0.4, -0.2) is 10.8 Å². The van der Waals surface area contributed by atoms with Crippen molar-refractivity contribution in [1.29, 1.82) is 0 Å². The van der Waals surface area contributed by atoms with Crippen LogP contribution in [-0.2, 0) is 0 Å². The SMILES string of the molecule is C=C(C)CC(=O)c1cncs1. The van der Waals surface area contributed by atoms with Gasteiger partial charge in [-0.05, 0) is 6.92 Å². The van der Waals surface area contributed by atoms with E-state index in [-0.39, 0.29) is 5.78 Å². The Balaban J connectivity index is 2.64. The zero-order chi connectivity index (χ0) is 8.27. The van der Waals surface area contributed by atoms with E-state index in [2.05, 4.69) is 11.6 Å². The number of Topliss-reactive ketones (excluding diaryl/α,β-unsaturated/α-hetero) is 1. The molecule has 0 aliphatic carbocycles. The van der Waals surface area contributed by atoms with Gasteiger partial charge in [-0.1, -0.05) is 12.2 Å². The first-order valence-electron chi connectivity index (χ1n) is 3.26. The molecule has 58 valence electrons. The van der Waals surface area contributed by atoms with Crippen LogP contribution in [0.5, 0.6) is 0 Å². The van der Waals surface area contributed by atoms with Crippen molar-refractivity contribution < 1.29 is 4.79 Å². The highest BCUT2D eigenvalue weighted by Crippen LogP contribution is 2.11. The number of carbonyl (C=O) groups is 1. The number of nitrogens with zero attached hydrogens (tertiary/aromatic N) is 1. The molecule has 3 heteroatoms. The van der Waals surface area contributed by atoms with Gasteiger partial charge in [0.1, 0.15) is 0 Å². The summed E-state index contributed by atoms with van der Waals surface area (Å²) >= 11 is 1.37. The van der Waals surface area contributed by atoms with Gasteiger partial charge in [-0.3, -0.25) is 9.78 Å². The molecule has 1 aromatic rings. The molecule has 0 aliphatic heterocycles. The first-order chi connectivity index (χ1) is 5.20. The van der Waals surface area contributed by atoms with Gasteiger partial charge >= 0.3 is 0 Å². The average Bonchev–Trinajstić information content (AvgIpc) is 2.35. The highest BCUT2D eigenvalue weighted by molar-refractivity contribution is 7.11. The van der Waals surface area contributed by atoms with E-state index in [0.717, 1.165) is 5.57 Å². The second-order valence-corrected chi connectivity index (χ2v) is 3.31. The number of carbonyl (C=O) groups excluding carboxylic acids is 1. The zero-order valence-corrected chi connectivity index (χ0v) is 7.15. The van der Waals surface area contributed by atoms with Crippen LogP contribution in [0.4, 0.5) is 0 Å². The summed E-state index contributed by atoms with van der Waals surface area (Å²) in [6.07, 6.45) is 2.03. The molecule has 1 rings (SSSR count). The summed E-state index contributed by atoms with van der Waals surface area (Å²) in [5, 5.41) is 0. The fraction of sp³-hybridized carbons (Fsp3) is 0.250. The highest BCUT2D eigenvalue weighted by Gasteiger charge is 2.06. The van der Waals surface area contributed by atoms with Crippen molar-refractivity contribution in [3.63, 3.8) is 0 Å². The van der Waals surface area contributed by atoms with E-state index in [1.165, 1.54) is 11.3 Å². The predicted molar refractivity (Wildman–Crippen MR) is 45.9 cm³/mol. The number of hydrogen-bond donors (Lipinski definition) is 0. The third-order valence-corrected chi connectivity index (χ3v) is 1.98. The number of thiazole rings is 1. The predicted octanol–water partition coefficient (Wildman–Crippen LogP) is 2.29. The van der Waals surface area contributed by atoms with E-state index < -0.39 is 0 Å². The van der Waals surface area contributed by atoms with Crippen LogP contribution in [0.3, 0.4) is 0 Å². The molecule has 0 amide bonds. The zero-order valence-electron chi connectivity index (χ0n) is 6.33. The number of rotatable bonds is 3. The van der Waals surface area contributed by atoms with Gasteiger partial charge in [0.25, 0.3) is 0 Å². The van der Waals surface area contributed by atoms with Crippen molar-refractivity contribution in [3.8, 4) is 0 Å². The van der Waals surface area contributed by atoms with Crippen molar-refractivity contribution in [2.45, 2.75) is 13.3 Å². The van der Waals surface area contributed by atoms with Crippen LogP contribution < -0.4 is 0 Å². The van der Waals surface area contributed by atoms with Crippen LogP contribution in [0.2, 0.25) is 0 Å². The Hall–Kier alpha value is -0.960. The molecular weight excluding hydrogens is 158 g/mol. The molecule has 0 aliphatic rings. The van der Waals surface area contributed by atoms with Crippen molar-refractivity contribution >= 4 is 17.1 Å². The molecule has 0 N–H and O–H groups in total. The highest BCUT2D eigenvalue weighted by atomic mass is 32.1. The summed E-state index contributed by atoms with van der Waals surface area (Å²) in [4.78, 5) is 15.8. The molecule has 11 heavy (non-hydrogen) atoms. The minimum atomic E-state index is 0.111. The molecule has 0 fully saturated rings. The minimum absolute atomic E-state index is 0.111. The summed E-state index contributed by atoms with van der Waals surface area (Å²) in [5.41, 5.74) is 2.55. The molecule has 1 aromatic heterocycles. The van der Waals surface area contributed by atoms with E-state index in [4.69, 9.17) is 0 Å². The Bertz CT molecular complexity index is 264. The maximum absolute atomic E-state index is 11.2. The number of allylic oxidation sites excluding steroid dienone is 1. The van der Waals surface area contributed by atoms with Gasteiger partial charge in [-0.25, -0.2) is 0 Å². The minimum Gasteiger partial charge on any atom is -0.293 e. The van der Waals surface area contributed by atoms with E-state index in [9.17, 15) is 4.79 Å². The summed E-state index contributed by atoms with van der Waals surface area (Å²) in [5.74, 6) is 0.111. The lowest BCUT2D eigenvalue weighted by atomic mass is 10.1. The van der Waals surface area contributed by atoms with Gasteiger partial charge in [0.05, 0.1) is 10.4 Å². The molecule has 0 atom stereocenters. The Morgan fingerprint density at radius 1 is 1.82 bits per heavy atom. The smallest absolute Gasteiger partial charge is 0.178 e. The molecule has 0 radical (unpaired) electrons. The molecule has 0 spiro atoms. The Morgan fingerprint density at radius 2 is 2.55 bits per heavy atom. The number of aromatic nitrogens is 1. The van der Waals surface area contributed by atoms with Crippen LogP contribution in [0.25, 0.3) is 0 Å². The standard InChI is InChI=1S/C8H9NOS/c1-6(2)3-7(10)8-4-9-5-11-8/h4-5H,1,3H2,2H3. The molecular formula is C8H9NOS. The van der Waals surface area contributed by atoms with Gasteiger partial charge in [0.2, 0.25) is 0 Å². The average molecular weight is 167 g/mol. The Kier molecular flexibility index (Phi) is 2.54. The number of hydrogen-bond acceptors (Lipinski definition) is 3. The molecule has 0 unspecified atom stereocenters. The number of ketones is 1. The van der Waals surface area contributed by atoms with E-state index in [1.54, 1.807) is 11.7 Å². The Morgan fingerprint density at radius 3 is 3.00 bits per heavy atom. The lowest BCUT2D eigenvalue weighted by molar-refractivity contribution is 0.0997. The maximum atomic E-state index is 11.2. The molecule has 0 bridgehead atoms. The van der Waals surface area contributed by atoms with E-state index >= 15 is 0 Å². The summed E-state index contributed by atoms with van der Waals surface area (Å²) in [7, 11) is 0. The maximum Gasteiger partial charge on any atom is 0.178 e. The molecule has 0 saturated heterocycles. The van der Waals surface area contributed by atoms with Crippen LogP contribution in [0.1, 0.15) is 23.0 Å². The second kappa shape index (κ2) is 3.44. The molecule has 2 nitrogen and oxygen atoms in total. The summed E-state index contributed by atoms with van der Waals surface area (Å²) in [6.45, 7) is 5.51. The largest absolute Gasteiger partial charge is 0.293 e. The monoisotopic (exact) mass is 167 g/mol. The van der Waals surface area contributed by atoms with Crippen molar-refractivity contribution in [3.05, 3.63) is 28.7 Å². The second-order valence-electron chi connectivity index (χ2n) is 2.42. The normalized spacial score (nSPS) is 9.55. The first-order valence-corrected chi connectivity index (χ1v) is 4.14.